The molecule has 0 amide bonds. The summed E-state index contributed by atoms with van der Waals surface area (Å²) in [6, 6.07) is 12.3. The van der Waals surface area contributed by atoms with E-state index in [1.807, 2.05) is 31.3 Å². The topological polar surface area (TPSA) is 49.0 Å². The van der Waals surface area contributed by atoms with Crippen LogP contribution in [0.25, 0.3) is 0 Å². The Labute approximate surface area is 128 Å². The van der Waals surface area contributed by atoms with Gasteiger partial charge in [-0.2, -0.15) is 0 Å². The Kier molecular flexibility index (Phi) is 3.27. The average Bonchev–Trinajstić information content (AvgIpc) is 3.19. The molecule has 0 saturated carbocycles. The second kappa shape index (κ2) is 5.42. The summed E-state index contributed by atoms with van der Waals surface area (Å²) < 4.78 is 21.6. The zero-order valence-electron chi connectivity index (χ0n) is 12.3. The highest BCUT2D eigenvalue weighted by Gasteiger charge is 2.19. The van der Waals surface area contributed by atoms with Gasteiger partial charge in [-0.05, 0) is 48.9 Å². The molecule has 2 aromatic carbocycles. The standard InChI is InChI=1S/C17H17NO4/c1-18-13(12-3-5-15-17(8-12)22-10-20-15)6-11-2-4-14-16(7-11)21-9-19-14/h2-5,7-8,13,18H,6,9-10H2,1H3. The predicted molar refractivity (Wildman–Crippen MR) is 80.6 cm³/mol. The van der Waals surface area contributed by atoms with Crippen LogP contribution < -0.4 is 24.3 Å². The highest BCUT2D eigenvalue weighted by molar-refractivity contribution is 5.47. The van der Waals surface area contributed by atoms with Crippen molar-refractivity contribution in [3.05, 3.63) is 47.5 Å². The van der Waals surface area contributed by atoms with E-state index in [0.29, 0.717) is 13.6 Å². The van der Waals surface area contributed by atoms with Crippen molar-refractivity contribution in [1.29, 1.82) is 0 Å². The van der Waals surface area contributed by atoms with Gasteiger partial charge in [-0.15, -0.1) is 0 Å². The third kappa shape index (κ3) is 2.33. The number of hydrogen-bond donors (Lipinski definition) is 1. The third-order valence-electron chi connectivity index (χ3n) is 4.02. The first-order chi connectivity index (χ1) is 10.8. The van der Waals surface area contributed by atoms with E-state index >= 15 is 0 Å². The summed E-state index contributed by atoms with van der Waals surface area (Å²) in [6.45, 7) is 0.599. The van der Waals surface area contributed by atoms with Crippen molar-refractivity contribution in [3.8, 4) is 23.0 Å². The van der Waals surface area contributed by atoms with E-state index in [4.69, 9.17) is 18.9 Å². The van der Waals surface area contributed by atoms with E-state index in [-0.39, 0.29) is 6.04 Å². The van der Waals surface area contributed by atoms with Crippen LogP contribution in [0.1, 0.15) is 17.2 Å². The molecule has 2 heterocycles. The van der Waals surface area contributed by atoms with E-state index in [0.717, 1.165) is 29.4 Å². The molecule has 0 aromatic heterocycles. The van der Waals surface area contributed by atoms with Crippen LogP contribution in [0.4, 0.5) is 0 Å². The molecule has 1 N–H and O–H groups in total. The van der Waals surface area contributed by atoms with Crippen molar-refractivity contribution < 1.29 is 18.9 Å². The smallest absolute Gasteiger partial charge is 0.231 e. The minimum atomic E-state index is 0.190. The zero-order chi connectivity index (χ0) is 14.9. The summed E-state index contributed by atoms with van der Waals surface area (Å²) in [5, 5.41) is 3.36. The second-order valence-electron chi connectivity index (χ2n) is 5.35. The third-order valence-corrected chi connectivity index (χ3v) is 4.02. The Bertz CT molecular complexity index is 701. The van der Waals surface area contributed by atoms with Crippen LogP contribution in [0, 0.1) is 0 Å². The van der Waals surface area contributed by atoms with Gasteiger partial charge in [0, 0.05) is 6.04 Å². The number of rotatable bonds is 4. The van der Waals surface area contributed by atoms with Crippen molar-refractivity contribution in [1.82, 2.24) is 5.32 Å². The summed E-state index contributed by atoms with van der Waals surface area (Å²) in [7, 11) is 1.96. The fraction of sp³-hybridized carbons (Fsp3) is 0.294. The monoisotopic (exact) mass is 299 g/mol. The molecule has 114 valence electrons. The fourth-order valence-corrected chi connectivity index (χ4v) is 2.82. The van der Waals surface area contributed by atoms with E-state index in [2.05, 4.69) is 17.4 Å². The maximum atomic E-state index is 5.46. The molecular weight excluding hydrogens is 282 g/mol. The lowest BCUT2D eigenvalue weighted by molar-refractivity contribution is 0.173. The first-order valence-corrected chi connectivity index (χ1v) is 7.29. The van der Waals surface area contributed by atoms with Gasteiger partial charge in [-0.3, -0.25) is 0 Å². The Hall–Kier alpha value is -2.40. The Morgan fingerprint density at radius 3 is 2.23 bits per heavy atom. The van der Waals surface area contributed by atoms with Gasteiger partial charge < -0.3 is 24.3 Å². The van der Waals surface area contributed by atoms with Crippen LogP contribution in [-0.4, -0.2) is 20.6 Å². The van der Waals surface area contributed by atoms with Gasteiger partial charge in [0.15, 0.2) is 23.0 Å². The summed E-state index contributed by atoms with van der Waals surface area (Å²) in [5.74, 6) is 3.25. The molecule has 1 atom stereocenters. The van der Waals surface area contributed by atoms with E-state index in [9.17, 15) is 0 Å². The Balaban J connectivity index is 1.57. The zero-order valence-corrected chi connectivity index (χ0v) is 12.3. The van der Waals surface area contributed by atoms with Crippen molar-refractivity contribution in [3.63, 3.8) is 0 Å². The number of ether oxygens (including phenoxy) is 4. The van der Waals surface area contributed by atoms with Gasteiger partial charge in [0.05, 0.1) is 0 Å². The quantitative estimate of drug-likeness (QED) is 0.940. The fourth-order valence-electron chi connectivity index (χ4n) is 2.82. The summed E-state index contributed by atoms with van der Waals surface area (Å²) in [5.41, 5.74) is 2.37. The minimum absolute atomic E-state index is 0.190. The molecule has 0 saturated heterocycles. The van der Waals surface area contributed by atoms with Crippen molar-refractivity contribution >= 4 is 0 Å². The first kappa shape index (κ1) is 13.3. The van der Waals surface area contributed by atoms with Crippen LogP contribution in [0.15, 0.2) is 36.4 Å². The van der Waals surface area contributed by atoms with Crippen LogP contribution in [-0.2, 0) is 6.42 Å². The summed E-state index contributed by atoms with van der Waals surface area (Å²) in [6.07, 6.45) is 0.854. The lowest BCUT2D eigenvalue weighted by Crippen LogP contribution is -2.18. The molecule has 0 aliphatic carbocycles. The number of benzene rings is 2. The van der Waals surface area contributed by atoms with Crippen LogP contribution in [0.3, 0.4) is 0 Å². The molecule has 5 nitrogen and oxygen atoms in total. The van der Waals surface area contributed by atoms with Gasteiger partial charge in [0.25, 0.3) is 0 Å². The van der Waals surface area contributed by atoms with Gasteiger partial charge in [0.2, 0.25) is 13.6 Å². The van der Waals surface area contributed by atoms with E-state index in [1.165, 1.54) is 11.1 Å². The molecule has 22 heavy (non-hydrogen) atoms. The van der Waals surface area contributed by atoms with Crippen molar-refractivity contribution in [2.24, 2.45) is 0 Å². The van der Waals surface area contributed by atoms with Gasteiger partial charge in [-0.1, -0.05) is 12.1 Å². The molecule has 0 bridgehead atoms. The Morgan fingerprint density at radius 1 is 0.864 bits per heavy atom. The van der Waals surface area contributed by atoms with Crippen molar-refractivity contribution in [2.75, 3.05) is 20.6 Å². The number of fused-ring (bicyclic) bond motifs is 2. The molecule has 0 radical (unpaired) electrons. The molecule has 1 unspecified atom stereocenters. The maximum Gasteiger partial charge on any atom is 0.231 e. The number of hydrogen-bond acceptors (Lipinski definition) is 5. The Morgan fingerprint density at radius 2 is 1.50 bits per heavy atom. The average molecular weight is 299 g/mol. The summed E-state index contributed by atoms with van der Waals surface area (Å²) in [4.78, 5) is 0. The molecule has 0 fully saturated rings. The highest BCUT2D eigenvalue weighted by atomic mass is 16.7. The van der Waals surface area contributed by atoms with Crippen LogP contribution in [0.2, 0.25) is 0 Å². The van der Waals surface area contributed by atoms with Crippen LogP contribution in [0.5, 0.6) is 23.0 Å². The van der Waals surface area contributed by atoms with E-state index < -0.39 is 0 Å². The van der Waals surface area contributed by atoms with Gasteiger partial charge in [0.1, 0.15) is 0 Å². The van der Waals surface area contributed by atoms with Gasteiger partial charge in [-0.25, -0.2) is 0 Å². The molecule has 5 heteroatoms. The lowest BCUT2D eigenvalue weighted by Gasteiger charge is -2.17. The normalized spacial score (nSPS) is 15.9. The molecule has 2 aromatic rings. The van der Waals surface area contributed by atoms with Gasteiger partial charge >= 0.3 is 0 Å². The molecule has 0 spiro atoms. The summed E-state index contributed by atoms with van der Waals surface area (Å²) >= 11 is 0. The number of likely N-dealkylation sites (N-methyl/N-ethyl adjacent to an activating group) is 1. The molecule has 4 rings (SSSR count). The van der Waals surface area contributed by atoms with Crippen molar-refractivity contribution in [2.45, 2.75) is 12.5 Å². The lowest BCUT2D eigenvalue weighted by atomic mass is 9.98. The molecular formula is C17H17NO4. The largest absolute Gasteiger partial charge is 0.454 e. The first-order valence-electron chi connectivity index (χ1n) is 7.29. The second-order valence-corrected chi connectivity index (χ2v) is 5.35. The minimum Gasteiger partial charge on any atom is -0.454 e. The molecule has 2 aliphatic heterocycles. The predicted octanol–water partition coefficient (Wildman–Crippen LogP) is 2.65. The molecule has 2 aliphatic rings. The SMILES string of the molecule is CNC(Cc1ccc2c(c1)OCO2)c1ccc2c(c1)OCO2. The maximum absolute atomic E-state index is 5.46. The van der Waals surface area contributed by atoms with E-state index in [1.54, 1.807) is 0 Å². The highest BCUT2D eigenvalue weighted by Crippen LogP contribution is 2.36. The number of nitrogens with one attached hydrogen (secondary N) is 1. The van der Waals surface area contributed by atoms with Crippen LogP contribution >= 0.6 is 0 Å².